The maximum Gasteiger partial charge on any atom is 0.293 e. The van der Waals surface area contributed by atoms with Gasteiger partial charge >= 0.3 is 0 Å². The molecular weight excluding hydrogens is 358 g/mol. The van der Waals surface area contributed by atoms with E-state index in [0.29, 0.717) is 11.5 Å². The average molecular weight is 379 g/mol. The Balaban J connectivity index is 2.32. The molecule has 0 saturated heterocycles. The predicted molar refractivity (Wildman–Crippen MR) is 103 cm³/mol. The molecule has 1 N–H and O–H groups in total. The van der Waals surface area contributed by atoms with Crippen LogP contribution in [0.2, 0.25) is 0 Å². The Morgan fingerprint density at radius 1 is 1.14 bits per heavy atom. The SMILES string of the molecule is CCC(C)/C=C/C=C/C=C/C(=O)c1c([O-])c(-c2ccc([O-])cc2)cn(O)c1=O. The number of benzene rings is 1. The summed E-state index contributed by atoms with van der Waals surface area (Å²) in [6.07, 6.45) is 11.7. The first kappa shape index (κ1) is 20.8. The van der Waals surface area contributed by atoms with Crippen molar-refractivity contribution in [3.8, 4) is 22.6 Å². The lowest BCUT2D eigenvalue weighted by Gasteiger charge is -2.18. The molecule has 0 fully saturated rings. The van der Waals surface area contributed by atoms with Gasteiger partial charge in [0.05, 0.1) is 11.8 Å². The van der Waals surface area contributed by atoms with Gasteiger partial charge < -0.3 is 15.4 Å². The lowest BCUT2D eigenvalue weighted by Crippen LogP contribution is -2.26. The van der Waals surface area contributed by atoms with Crippen LogP contribution in [0.15, 0.2) is 71.7 Å². The monoisotopic (exact) mass is 379 g/mol. The van der Waals surface area contributed by atoms with Crippen LogP contribution in [-0.2, 0) is 0 Å². The van der Waals surface area contributed by atoms with E-state index < -0.39 is 22.7 Å². The van der Waals surface area contributed by atoms with Gasteiger partial charge in [0.25, 0.3) is 5.56 Å². The highest BCUT2D eigenvalue weighted by Crippen LogP contribution is 2.29. The number of allylic oxidation sites excluding steroid dienone is 6. The van der Waals surface area contributed by atoms with Gasteiger partial charge in [0.15, 0.2) is 5.78 Å². The number of nitrogens with zero attached hydrogens (tertiary/aromatic N) is 1. The average Bonchev–Trinajstić information content (AvgIpc) is 2.68. The largest absolute Gasteiger partial charge is 0.872 e. The predicted octanol–water partition coefficient (Wildman–Crippen LogP) is 2.80. The molecule has 6 nitrogen and oxygen atoms in total. The highest BCUT2D eigenvalue weighted by Gasteiger charge is 2.15. The van der Waals surface area contributed by atoms with Crippen molar-refractivity contribution in [3.63, 3.8) is 0 Å². The van der Waals surface area contributed by atoms with E-state index in [1.165, 1.54) is 30.3 Å². The molecule has 1 aromatic carbocycles. The lowest BCUT2D eigenvalue weighted by atomic mass is 10.0. The van der Waals surface area contributed by atoms with Gasteiger partial charge in [0.2, 0.25) is 0 Å². The van der Waals surface area contributed by atoms with E-state index in [1.54, 1.807) is 12.2 Å². The first-order valence-electron chi connectivity index (χ1n) is 8.84. The van der Waals surface area contributed by atoms with E-state index in [4.69, 9.17) is 0 Å². The van der Waals surface area contributed by atoms with Crippen molar-refractivity contribution in [1.82, 2.24) is 4.73 Å². The van der Waals surface area contributed by atoms with Crippen molar-refractivity contribution in [2.75, 3.05) is 0 Å². The molecule has 0 aliphatic rings. The molecule has 0 saturated carbocycles. The van der Waals surface area contributed by atoms with Crippen molar-refractivity contribution in [3.05, 3.63) is 82.8 Å². The number of hydrogen-bond donors (Lipinski definition) is 1. The Kier molecular flexibility index (Phi) is 6.98. The van der Waals surface area contributed by atoms with Crippen LogP contribution < -0.4 is 15.8 Å². The minimum Gasteiger partial charge on any atom is -0.872 e. The first-order chi connectivity index (χ1) is 13.3. The molecule has 2 rings (SSSR count). The van der Waals surface area contributed by atoms with Crippen LogP contribution >= 0.6 is 0 Å². The second kappa shape index (κ2) is 9.41. The summed E-state index contributed by atoms with van der Waals surface area (Å²) in [7, 11) is 0. The van der Waals surface area contributed by atoms with Crippen molar-refractivity contribution >= 4 is 5.78 Å². The standard InChI is InChI=1S/C22H23NO5/c1-3-15(2)8-6-4-5-7-9-19(25)20-21(26)18(14-23(28)22(20)27)16-10-12-17(24)13-11-16/h4-15,24,26,28H,3H2,1-2H3/p-2/b5-4+,8-6+,9-7+. The Morgan fingerprint density at radius 3 is 2.43 bits per heavy atom. The van der Waals surface area contributed by atoms with Crippen LogP contribution in [0.3, 0.4) is 0 Å². The maximum absolute atomic E-state index is 12.6. The van der Waals surface area contributed by atoms with Gasteiger partial charge in [-0.3, -0.25) is 9.59 Å². The quantitative estimate of drug-likeness (QED) is 0.345. The van der Waals surface area contributed by atoms with E-state index in [9.17, 15) is 25.0 Å². The van der Waals surface area contributed by atoms with Crippen molar-refractivity contribution in [1.29, 1.82) is 0 Å². The van der Waals surface area contributed by atoms with Crippen LogP contribution in [0, 0.1) is 5.92 Å². The van der Waals surface area contributed by atoms with Gasteiger partial charge in [-0.2, -0.15) is 4.73 Å². The summed E-state index contributed by atoms with van der Waals surface area (Å²) in [5.41, 5.74) is -1.48. The zero-order valence-electron chi connectivity index (χ0n) is 15.7. The fourth-order valence-corrected chi connectivity index (χ4v) is 2.39. The summed E-state index contributed by atoms with van der Waals surface area (Å²) in [5, 5.41) is 33.6. The minimum atomic E-state index is -1.09. The third-order valence-corrected chi connectivity index (χ3v) is 4.22. The number of pyridine rings is 1. The van der Waals surface area contributed by atoms with Crippen LogP contribution in [0.25, 0.3) is 11.1 Å². The second-order valence-electron chi connectivity index (χ2n) is 6.30. The molecule has 0 bridgehead atoms. The number of hydrogen-bond acceptors (Lipinski definition) is 5. The molecule has 0 aliphatic heterocycles. The number of carbonyl (C=O) groups is 1. The highest BCUT2D eigenvalue weighted by molar-refractivity contribution is 6.07. The van der Waals surface area contributed by atoms with Crippen molar-refractivity contribution < 1.29 is 20.2 Å². The summed E-state index contributed by atoms with van der Waals surface area (Å²) >= 11 is 0. The summed E-state index contributed by atoms with van der Waals surface area (Å²) < 4.78 is 0.202. The van der Waals surface area contributed by atoms with Gasteiger partial charge in [-0.15, -0.1) is 5.75 Å². The number of carbonyl (C=O) groups excluding carboxylic acids is 1. The highest BCUT2D eigenvalue weighted by atomic mass is 16.5. The summed E-state index contributed by atoms with van der Waals surface area (Å²) in [4.78, 5) is 24.4. The van der Waals surface area contributed by atoms with Gasteiger partial charge in [-0.1, -0.05) is 80.7 Å². The smallest absolute Gasteiger partial charge is 0.293 e. The molecule has 6 heteroatoms. The summed E-state index contributed by atoms with van der Waals surface area (Å²) in [5.74, 6) is -1.42. The first-order valence-corrected chi connectivity index (χ1v) is 8.84. The fourth-order valence-electron chi connectivity index (χ4n) is 2.39. The molecule has 2 aromatic rings. The molecule has 0 radical (unpaired) electrons. The van der Waals surface area contributed by atoms with E-state index in [2.05, 4.69) is 13.8 Å². The zero-order chi connectivity index (χ0) is 20.7. The molecule has 1 unspecified atom stereocenters. The van der Waals surface area contributed by atoms with Gasteiger partial charge in [0.1, 0.15) is 0 Å². The molecule has 1 heterocycles. The molecule has 0 amide bonds. The zero-order valence-corrected chi connectivity index (χ0v) is 15.7. The molecule has 28 heavy (non-hydrogen) atoms. The topological polar surface area (TPSA) is 105 Å². The molecule has 1 atom stereocenters. The third-order valence-electron chi connectivity index (χ3n) is 4.22. The van der Waals surface area contributed by atoms with Gasteiger partial charge in [0, 0.05) is 0 Å². The van der Waals surface area contributed by atoms with Gasteiger partial charge in [-0.25, -0.2) is 0 Å². The minimum absolute atomic E-state index is 0.0501. The Bertz CT molecular complexity index is 981. The van der Waals surface area contributed by atoms with Crippen LogP contribution in [0.1, 0.15) is 30.6 Å². The van der Waals surface area contributed by atoms with Gasteiger partial charge in [-0.05, 0) is 23.1 Å². The Labute approximate surface area is 163 Å². The maximum atomic E-state index is 12.6. The fraction of sp³-hybridized carbons (Fsp3) is 0.182. The Hall–Kier alpha value is -3.54. The van der Waals surface area contributed by atoms with Crippen molar-refractivity contribution in [2.45, 2.75) is 20.3 Å². The van der Waals surface area contributed by atoms with E-state index in [1.807, 2.05) is 12.2 Å². The molecule has 146 valence electrons. The number of aromatic nitrogens is 1. The second-order valence-corrected chi connectivity index (χ2v) is 6.30. The number of rotatable bonds is 7. The molecule has 0 aliphatic carbocycles. The number of ketones is 1. The third kappa shape index (κ3) is 5.01. The van der Waals surface area contributed by atoms with E-state index in [0.717, 1.165) is 18.7 Å². The lowest BCUT2D eigenvalue weighted by molar-refractivity contribution is -0.269. The van der Waals surface area contributed by atoms with Crippen LogP contribution in [-0.4, -0.2) is 15.7 Å². The normalized spacial score (nSPS) is 12.9. The molecule has 0 spiro atoms. The molecule has 1 aromatic heterocycles. The van der Waals surface area contributed by atoms with Crippen LogP contribution in [0.4, 0.5) is 0 Å². The van der Waals surface area contributed by atoms with E-state index >= 15 is 0 Å². The van der Waals surface area contributed by atoms with Crippen molar-refractivity contribution in [2.24, 2.45) is 5.92 Å². The summed E-state index contributed by atoms with van der Waals surface area (Å²) in [6.45, 7) is 4.16. The molecular formula is C22H21NO5-2. The van der Waals surface area contributed by atoms with Crippen LogP contribution in [0.5, 0.6) is 11.5 Å². The summed E-state index contributed by atoms with van der Waals surface area (Å²) in [6, 6.07) is 5.28. The van der Waals surface area contributed by atoms with E-state index in [-0.39, 0.29) is 16.0 Å². The Morgan fingerprint density at radius 2 is 1.79 bits per heavy atom.